The van der Waals surface area contributed by atoms with Crippen LogP contribution in [0, 0.1) is 11.8 Å². The van der Waals surface area contributed by atoms with Gasteiger partial charge in [-0.2, -0.15) is 15.0 Å². The summed E-state index contributed by atoms with van der Waals surface area (Å²) in [5.41, 5.74) is 5.68. The highest BCUT2D eigenvalue weighted by Gasteiger charge is 2.23. The second-order valence-corrected chi connectivity index (χ2v) is 5.26. The van der Waals surface area contributed by atoms with Crippen molar-refractivity contribution in [2.75, 3.05) is 36.6 Å². The summed E-state index contributed by atoms with van der Waals surface area (Å²) in [6.07, 6.45) is 3.94. The molecular weight excluding hydrogens is 228 g/mol. The number of nitrogen functional groups attached to an aromatic ring is 1. The van der Waals surface area contributed by atoms with Crippen LogP contribution in [-0.2, 0) is 0 Å². The number of nitrogens with two attached hydrogens (primary N) is 1. The van der Waals surface area contributed by atoms with Crippen molar-refractivity contribution in [3.8, 4) is 0 Å². The van der Waals surface area contributed by atoms with Crippen LogP contribution in [0.1, 0.15) is 26.2 Å². The second-order valence-electron chi connectivity index (χ2n) is 5.26. The molecule has 6 nitrogen and oxygen atoms in total. The highest BCUT2D eigenvalue weighted by molar-refractivity contribution is 5.40. The molecule has 1 aromatic rings. The predicted octanol–water partition coefficient (Wildman–Crippen LogP) is 1.37. The van der Waals surface area contributed by atoms with Gasteiger partial charge in [0.1, 0.15) is 0 Å². The Kier molecular flexibility index (Phi) is 3.84. The molecule has 3 N–H and O–H groups in total. The van der Waals surface area contributed by atoms with Gasteiger partial charge in [0, 0.05) is 20.6 Å². The highest BCUT2D eigenvalue weighted by Crippen LogP contribution is 2.31. The van der Waals surface area contributed by atoms with Crippen molar-refractivity contribution in [1.29, 1.82) is 0 Å². The van der Waals surface area contributed by atoms with E-state index in [-0.39, 0.29) is 5.95 Å². The monoisotopic (exact) mass is 250 g/mol. The number of hydrogen-bond donors (Lipinski definition) is 2. The molecule has 1 aliphatic carbocycles. The summed E-state index contributed by atoms with van der Waals surface area (Å²) >= 11 is 0. The zero-order chi connectivity index (χ0) is 13.1. The molecule has 100 valence electrons. The Hall–Kier alpha value is -1.59. The molecule has 0 amide bonds. The Morgan fingerprint density at radius 2 is 2.06 bits per heavy atom. The molecule has 2 atom stereocenters. The van der Waals surface area contributed by atoms with Gasteiger partial charge in [-0.3, -0.25) is 0 Å². The minimum atomic E-state index is 0.260. The number of nitrogens with one attached hydrogen (secondary N) is 1. The third kappa shape index (κ3) is 3.00. The SMILES string of the molecule is CC1CCCC1CNc1nc(N)nc(N(C)C)n1. The van der Waals surface area contributed by atoms with Gasteiger partial charge >= 0.3 is 0 Å². The van der Waals surface area contributed by atoms with E-state index in [9.17, 15) is 0 Å². The molecule has 0 aromatic carbocycles. The standard InChI is InChI=1S/C12H22N6/c1-8-5-4-6-9(8)7-14-11-15-10(13)16-12(17-11)18(2)3/h8-9H,4-7H2,1-3H3,(H3,13,14,15,16,17). The zero-order valence-corrected chi connectivity index (χ0v) is 11.3. The molecule has 2 rings (SSSR count). The first kappa shape index (κ1) is 12.9. The van der Waals surface area contributed by atoms with Crippen molar-refractivity contribution in [2.24, 2.45) is 11.8 Å². The van der Waals surface area contributed by atoms with Crippen molar-refractivity contribution in [1.82, 2.24) is 15.0 Å². The summed E-state index contributed by atoms with van der Waals surface area (Å²) in [5.74, 6) is 2.92. The van der Waals surface area contributed by atoms with Gasteiger partial charge < -0.3 is 16.0 Å². The molecule has 1 heterocycles. The van der Waals surface area contributed by atoms with E-state index in [0.717, 1.165) is 12.5 Å². The van der Waals surface area contributed by atoms with Crippen molar-refractivity contribution in [3.05, 3.63) is 0 Å². The van der Waals surface area contributed by atoms with Crippen molar-refractivity contribution < 1.29 is 0 Å². The van der Waals surface area contributed by atoms with E-state index < -0.39 is 0 Å². The summed E-state index contributed by atoms with van der Waals surface area (Å²) in [5, 5.41) is 3.28. The van der Waals surface area contributed by atoms with Crippen LogP contribution in [0.3, 0.4) is 0 Å². The quantitative estimate of drug-likeness (QED) is 0.840. The van der Waals surface area contributed by atoms with Crippen molar-refractivity contribution >= 4 is 17.8 Å². The summed E-state index contributed by atoms with van der Waals surface area (Å²) in [7, 11) is 3.77. The number of rotatable bonds is 4. The van der Waals surface area contributed by atoms with Crippen LogP contribution in [0.5, 0.6) is 0 Å². The zero-order valence-electron chi connectivity index (χ0n) is 11.3. The van der Waals surface area contributed by atoms with E-state index in [1.54, 1.807) is 0 Å². The minimum absolute atomic E-state index is 0.260. The summed E-state index contributed by atoms with van der Waals surface area (Å²) in [6.45, 7) is 3.23. The number of hydrogen-bond acceptors (Lipinski definition) is 6. The van der Waals surface area contributed by atoms with E-state index >= 15 is 0 Å². The molecule has 1 saturated carbocycles. The first-order valence-corrected chi connectivity index (χ1v) is 6.49. The summed E-state index contributed by atoms with van der Waals surface area (Å²) in [4.78, 5) is 14.3. The van der Waals surface area contributed by atoms with Crippen LogP contribution in [0.25, 0.3) is 0 Å². The van der Waals surface area contributed by atoms with Gasteiger partial charge in [0.05, 0.1) is 0 Å². The second kappa shape index (κ2) is 5.37. The van der Waals surface area contributed by atoms with Crippen molar-refractivity contribution in [2.45, 2.75) is 26.2 Å². The Labute approximate surface area is 108 Å². The maximum atomic E-state index is 5.68. The van der Waals surface area contributed by atoms with Gasteiger partial charge in [0.25, 0.3) is 0 Å². The fourth-order valence-corrected chi connectivity index (χ4v) is 2.41. The van der Waals surface area contributed by atoms with E-state index in [0.29, 0.717) is 17.8 Å². The first-order valence-electron chi connectivity index (χ1n) is 6.49. The van der Waals surface area contributed by atoms with E-state index in [1.807, 2.05) is 19.0 Å². The van der Waals surface area contributed by atoms with Crippen LogP contribution in [0.2, 0.25) is 0 Å². The van der Waals surface area contributed by atoms with Crippen LogP contribution in [0.4, 0.5) is 17.8 Å². The largest absolute Gasteiger partial charge is 0.368 e. The lowest BCUT2D eigenvalue weighted by atomic mass is 9.98. The fraction of sp³-hybridized carbons (Fsp3) is 0.750. The lowest BCUT2D eigenvalue weighted by Crippen LogP contribution is -2.20. The van der Waals surface area contributed by atoms with Crippen LogP contribution >= 0.6 is 0 Å². The van der Waals surface area contributed by atoms with Gasteiger partial charge in [0.15, 0.2) is 0 Å². The third-order valence-corrected chi connectivity index (χ3v) is 3.60. The van der Waals surface area contributed by atoms with E-state index in [4.69, 9.17) is 5.73 Å². The van der Waals surface area contributed by atoms with Gasteiger partial charge in [-0.05, 0) is 18.3 Å². The lowest BCUT2D eigenvalue weighted by Gasteiger charge is -2.17. The average molecular weight is 250 g/mol. The van der Waals surface area contributed by atoms with E-state index in [1.165, 1.54) is 19.3 Å². The van der Waals surface area contributed by atoms with Gasteiger partial charge in [0.2, 0.25) is 17.8 Å². The maximum absolute atomic E-state index is 5.68. The number of nitrogens with zero attached hydrogens (tertiary/aromatic N) is 4. The topological polar surface area (TPSA) is 80.0 Å². The van der Waals surface area contributed by atoms with Gasteiger partial charge in [-0.15, -0.1) is 0 Å². The van der Waals surface area contributed by atoms with Crippen molar-refractivity contribution in [3.63, 3.8) is 0 Å². The molecular formula is C12H22N6. The molecule has 0 radical (unpaired) electrons. The Morgan fingerprint density at radius 3 is 2.67 bits per heavy atom. The molecule has 18 heavy (non-hydrogen) atoms. The number of anilines is 3. The third-order valence-electron chi connectivity index (χ3n) is 3.60. The van der Waals surface area contributed by atoms with E-state index in [2.05, 4.69) is 27.2 Å². The number of aromatic nitrogens is 3. The molecule has 0 spiro atoms. The van der Waals surface area contributed by atoms with Gasteiger partial charge in [-0.1, -0.05) is 19.8 Å². The Balaban J connectivity index is 2.00. The molecule has 0 bridgehead atoms. The molecule has 0 saturated heterocycles. The van der Waals surface area contributed by atoms with Crippen LogP contribution in [-0.4, -0.2) is 35.6 Å². The predicted molar refractivity (Wildman–Crippen MR) is 73.6 cm³/mol. The molecule has 1 aromatic heterocycles. The Bertz CT molecular complexity index is 406. The summed E-state index contributed by atoms with van der Waals surface area (Å²) < 4.78 is 0. The molecule has 0 aliphatic heterocycles. The maximum Gasteiger partial charge on any atom is 0.231 e. The van der Waals surface area contributed by atoms with Crippen LogP contribution < -0.4 is 16.0 Å². The molecule has 1 fully saturated rings. The lowest BCUT2D eigenvalue weighted by molar-refractivity contribution is 0.439. The average Bonchev–Trinajstić information content (AvgIpc) is 2.71. The molecule has 2 unspecified atom stereocenters. The normalized spacial score (nSPS) is 23.1. The van der Waals surface area contributed by atoms with Gasteiger partial charge in [-0.25, -0.2) is 0 Å². The summed E-state index contributed by atoms with van der Waals surface area (Å²) in [6, 6.07) is 0. The van der Waals surface area contributed by atoms with Crippen LogP contribution in [0.15, 0.2) is 0 Å². The molecule has 1 aliphatic rings. The molecule has 6 heteroatoms. The highest BCUT2D eigenvalue weighted by atomic mass is 15.3. The first-order chi connectivity index (χ1) is 8.56. The minimum Gasteiger partial charge on any atom is -0.368 e. The Morgan fingerprint density at radius 1 is 1.28 bits per heavy atom. The fourth-order valence-electron chi connectivity index (χ4n) is 2.41. The smallest absolute Gasteiger partial charge is 0.231 e.